The zero-order valence-corrected chi connectivity index (χ0v) is 19.3. The molecule has 0 unspecified atom stereocenters. The van der Waals surface area contributed by atoms with Crippen molar-refractivity contribution in [2.75, 3.05) is 0 Å². The summed E-state index contributed by atoms with van der Waals surface area (Å²) in [5.74, 6) is -0.530. The van der Waals surface area contributed by atoms with E-state index in [-0.39, 0.29) is 65.0 Å². The van der Waals surface area contributed by atoms with Crippen molar-refractivity contribution in [1.29, 1.82) is 0 Å². The molecule has 0 saturated heterocycles. The van der Waals surface area contributed by atoms with E-state index in [0.29, 0.717) is 6.42 Å². The van der Waals surface area contributed by atoms with E-state index in [0.717, 1.165) is 12.8 Å². The van der Waals surface area contributed by atoms with E-state index in [1.54, 1.807) is 0 Å². The molecule has 0 aromatic carbocycles. The molecule has 0 radical (unpaired) electrons. The Bertz CT molecular complexity index is 336. The molecule has 0 aliphatic carbocycles. The SMILES string of the molecule is CCCCCCCCC=CCCCCCCCC(=O)CC(N)=O.[H-].[K+]. The van der Waals surface area contributed by atoms with Crippen molar-refractivity contribution in [2.24, 2.45) is 5.73 Å². The summed E-state index contributed by atoms with van der Waals surface area (Å²) in [4.78, 5) is 21.8. The van der Waals surface area contributed by atoms with Crippen LogP contribution in [0.25, 0.3) is 0 Å². The molecule has 0 spiro atoms. The molecule has 0 atom stereocenters. The first kappa shape index (κ1) is 26.7. The Morgan fingerprint density at radius 2 is 1.25 bits per heavy atom. The molecule has 1 amide bonds. The Labute approximate surface area is 193 Å². The Morgan fingerprint density at radius 3 is 1.75 bits per heavy atom. The predicted molar refractivity (Wildman–Crippen MR) is 99.4 cm³/mol. The molecule has 0 heterocycles. The topological polar surface area (TPSA) is 60.2 Å². The van der Waals surface area contributed by atoms with E-state index in [1.165, 1.54) is 70.6 Å². The van der Waals surface area contributed by atoms with Crippen molar-refractivity contribution in [3.8, 4) is 0 Å². The van der Waals surface area contributed by atoms with Gasteiger partial charge in [-0.2, -0.15) is 0 Å². The number of allylic oxidation sites excluding steroid dienone is 2. The number of carbonyl (C=O) groups excluding carboxylic acids is 2. The Hall–Kier alpha value is 0.516. The minimum atomic E-state index is -0.511. The summed E-state index contributed by atoms with van der Waals surface area (Å²) in [6.45, 7) is 2.26. The quantitative estimate of drug-likeness (QED) is 0.187. The number of hydrogen-bond donors (Lipinski definition) is 1. The summed E-state index contributed by atoms with van der Waals surface area (Å²) in [5.41, 5.74) is 4.98. The average molecular weight is 364 g/mol. The van der Waals surface area contributed by atoms with Crippen LogP contribution in [-0.2, 0) is 9.59 Å². The molecule has 4 heteroatoms. The number of primary amides is 1. The maximum atomic E-state index is 11.3. The molecule has 0 saturated carbocycles. The second-order valence-electron chi connectivity index (χ2n) is 6.52. The molecular formula is C20H38KNO2. The number of amides is 1. The number of unbranched alkanes of at least 4 members (excludes halogenated alkanes) is 11. The molecule has 0 fully saturated rings. The van der Waals surface area contributed by atoms with Gasteiger partial charge in [-0.25, -0.2) is 0 Å². The largest absolute Gasteiger partial charge is 1.00 e. The number of Topliss-reactive ketones (excluding diaryl/α,β-unsaturated/α-hetero) is 1. The van der Waals surface area contributed by atoms with E-state index in [1.807, 2.05) is 0 Å². The summed E-state index contributed by atoms with van der Waals surface area (Å²) >= 11 is 0. The summed E-state index contributed by atoms with van der Waals surface area (Å²) in [6, 6.07) is 0. The minimum Gasteiger partial charge on any atom is -1.00 e. The second-order valence-corrected chi connectivity index (χ2v) is 6.52. The third-order valence-electron chi connectivity index (χ3n) is 4.09. The van der Waals surface area contributed by atoms with Crippen LogP contribution in [0.1, 0.15) is 105 Å². The van der Waals surface area contributed by atoms with Gasteiger partial charge in [0.2, 0.25) is 5.91 Å². The predicted octanol–water partition coefficient (Wildman–Crippen LogP) is 2.58. The molecule has 0 rings (SSSR count). The molecule has 0 aliphatic rings. The zero-order chi connectivity index (χ0) is 17.2. The standard InChI is InChI=1S/C20H37NO2.K.H/c1-2-3-4-5-6-7-8-9-10-11-12-13-14-15-16-17-19(22)18-20(21)23;;/h9-10H,2-8,11-18H2,1H3,(H2,21,23);;/q;+1;-1. The normalized spacial score (nSPS) is 10.7. The summed E-state index contributed by atoms with van der Waals surface area (Å²) in [5, 5.41) is 0. The van der Waals surface area contributed by atoms with Gasteiger partial charge in [-0.05, 0) is 32.1 Å². The van der Waals surface area contributed by atoms with E-state index in [2.05, 4.69) is 19.1 Å². The number of carbonyl (C=O) groups is 2. The van der Waals surface area contributed by atoms with E-state index < -0.39 is 5.91 Å². The van der Waals surface area contributed by atoms with Crippen LogP contribution in [0.4, 0.5) is 0 Å². The van der Waals surface area contributed by atoms with Gasteiger partial charge in [-0.1, -0.05) is 70.4 Å². The third kappa shape index (κ3) is 22.5. The van der Waals surface area contributed by atoms with Crippen molar-refractivity contribution in [1.82, 2.24) is 0 Å². The maximum Gasteiger partial charge on any atom is 1.00 e. The smallest absolute Gasteiger partial charge is 1.00 e. The van der Waals surface area contributed by atoms with Crippen molar-refractivity contribution < 1.29 is 62.4 Å². The molecule has 136 valence electrons. The number of rotatable bonds is 17. The minimum absolute atomic E-state index is 0. The fourth-order valence-electron chi connectivity index (χ4n) is 2.68. The van der Waals surface area contributed by atoms with Gasteiger partial charge in [-0.15, -0.1) is 0 Å². The summed E-state index contributed by atoms with van der Waals surface area (Å²) in [7, 11) is 0. The molecule has 3 nitrogen and oxygen atoms in total. The second kappa shape index (κ2) is 21.6. The molecule has 24 heavy (non-hydrogen) atoms. The van der Waals surface area contributed by atoms with Crippen molar-refractivity contribution in [3.05, 3.63) is 12.2 Å². The van der Waals surface area contributed by atoms with Crippen LogP contribution in [0.5, 0.6) is 0 Å². The molecule has 0 bridgehead atoms. The van der Waals surface area contributed by atoms with Crippen molar-refractivity contribution in [3.63, 3.8) is 0 Å². The van der Waals surface area contributed by atoms with Gasteiger partial charge in [0.25, 0.3) is 0 Å². The van der Waals surface area contributed by atoms with Crippen LogP contribution in [-0.4, -0.2) is 11.7 Å². The van der Waals surface area contributed by atoms with E-state index in [4.69, 9.17) is 5.73 Å². The van der Waals surface area contributed by atoms with Crippen LogP contribution in [0.2, 0.25) is 0 Å². The summed E-state index contributed by atoms with van der Waals surface area (Å²) < 4.78 is 0. The Balaban J connectivity index is -0.00000242. The Morgan fingerprint density at radius 1 is 0.792 bits per heavy atom. The molecular weight excluding hydrogens is 325 g/mol. The summed E-state index contributed by atoms with van der Waals surface area (Å²) in [6.07, 6.45) is 21.3. The number of nitrogens with two attached hydrogens (primary N) is 1. The van der Waals surface area contributed by atoms with Gasteiger partial charge in [0, 0.05) is 6.42 Å². The van der Waals surface area contributed by atoms with Crippen LogP contribution in [0.15, 0.2) is 12.2 Å². The monoisotopic (exact) mass is 363 g/mol. The van der Waals surface area contributed by atoms with Crippen molar-refractivity contribution >= 4 is 11.7 Å². The molecule has 0 aromatic heterocycles. The average Bonchev–Trinajstić information content (AvgIpc) is 2.50. The van der Waals surface area contributed by atoms with Gasteiger partial charge in [0.1, 0.15) is 5.78 Å². The van der Waals surface area contributed by atoms with E-state index >= 15 is 0 Å². The molecule has 2 N–H and O–H groups in total. The van der Waals surface area contributed by atoms with Crippen LogP contribution in [0.3, 0.4) is 0 Å². The number of hydrogen-bond acceptors (Lipinski definition) is 2. The first-order valence-corrected chi connectivity index (χ1v) is 9.61. The first-order valence-electron chi connectivity index (χ1n) is 9.61. The van der Waals surface area contributed by atoms with Gasteiger partial charge in [-0.3, -0.25) is 9.59 Å². The number of ketones is 1. The third-order valence-corrected chi connectivity index (χ3v) is 4.09. The fraction of sp³-hybridized carbons (Fsp3) is 0.800. The fourth-order valence-corrected chi connectivity index (χ4v) is 2.68. The van der Waals surface area contributed by atoms with Gasteiger partial charge in [0.05, 0.1) is 6.42 Å². The van der Waals surface area contributed by atoms with Gasteiger partial charge >= 0.3 is 51.4 Å². The van der Waals surface area contributed by atoms with Crippen LogP contribution < -0.4 is 57.1 Å². The van der Waals surface area contributed by atoms with Gasteiger partial charge in [0.15, 0.2) is 0 Å². The molecule has 0 aliphatic heterocycles. The molecule has 0 aromatic rings. The van der Waals surface area contributed by atoms with Gasteiger partial charge < -0.3 is 7.16 Å². The van der Waals surface area contributed by atoms with Crippen molar-refractivity contribution in [2.45, 2.75) is 103 Å². The maximum absolute atomic E-state index is 11.3. The van der Waals surface area contributed by atoms with Crippen LogP contribution >= 0.6 is 0 Å². The van der Waals surface area contributed by atoms with E-state index in [9.17, 15) is 9.59 Å². The first-order chi connectivity index (χ1) is 11.2. The Kier molecular flexibility index (Phi) is 24.0. The van der Waals surface area contributed by atoms with Crippen LogP contribution in [0, 0.1) is 0 Å². The zero-order valence-electron chi connectivity index (χ0n) is 17.2.